The highest BCUT2D eigenvalue weighted by Gasteiger charge is 2.33. The lowest BCUT2D eigenvalue weighted by atomic mass is 9.99. The molecule has 0 fully saturated rings. The summed E-state index contributed by atoms with van der Waals surface area (Å²) in [6.07, 6.45) is 1.94. The van der Waals surface area contributed by atoms with Gasteiger partial charge >= 0.3 is 0 Å². The topological polar surface area (TPSA) is 51.0 Å². The molecule has 5 heteroatoms. The zero-order valence-electron chi connectivity index (χ0n) is 12.1. The van der Waals surface area contributed by atoms with Crippen molar-refractivity contribution < 1.29 is 4.79 Å². The molecule has 1 aromatic carbocycles. The standard InChI is InChI=1S/C16H18N4O/c1-11-17-18-15-10-19(8-9-20(11)15)16(21)14-7-6-12-4-2-3-5-13(12)14/h2-5,14H,6-10H2,1H3/t14-/m0/s1. The van der Waals surface area contributed by atoms with Crippen LogP contribution in [0.1, 0.15) is 35.1 Å². The summed E-state index contributed by atoms with van der Waals surface area (Å²) in [6.45, 7) is 4.09. The molecule has 0 saturated heterocycles. The quantitative estimate of drug-likeness (QED) is 0.799. The Morgan fingerprint density at radius 2 is 2.10 bits per heavy atom. The zero-order valence-corrected chi connectivity index (χ0v) is 12.1. The number of amides is 1. The van der Waals surface area contributed by atoms with E-state index in [0.717, 1.165) is 37.6 Å². The molecule has 2 aromatic rings. The van der Waals surface area contributed by atoms with Gasteiger partial charge in [0.15, 0.2) is 5.82 Å². The number of hydrogen-bond acceptors (Lipinski definition) is 3. The Morgan fingerprint density at radius 3 is 3.00 bits per heavy atom. The van der Waals surface area contributed by atoms with Crippen LogP contribution in [0, 0.1) is 6.92 Å². The monoisotopic (exact) mass is 282 g/mol. The van der Waals surface area contributed by atoms with Crippen LogP contribution in [0.15, 0.2) is 24.3 Å². The average molecular weight is 282 g/mol. The predicted molar refractivity (Wildman–Crippen MR) is 77.7 cm³/mol. The van der Waals surface area contributed by atoms with Crippen molar-refractivity contribution in [3.63, 3.8) is 0 Å². The van der Waals surface area contributed by atoms with E-state index in [2.05, 4.69) is 33.0 Å². The molecule has 1 aliphatic carbocycles. The van der Waals surface area contributed by atoms with E-state index >= 15 is 0 Å². The van der Waals surface area contributed by atoms with Gasteiger partial charge in [-0.05, 0) is 30.9 Å². The molecule has 0 spiro atoms. The minimum atomic E-state index is 0.0248. The largest absolute Gasteiger partial charge is 0.333 e. The van der Waals surface area contributed by atoms with Crippen LogP contribution in [-0.4, -0.2) is 32.1 Å². The summed E-state index contributed by atoms with van der Waals surface area (Å²) in [5, 5.41) is 8.28. The first-order valence-corrected chi connectivity index (χ1v) is 7.49. The SMILES string of the molecule is Cc1nnc2n1CCN(C(=O)[C@H]1CCc3ccccc31)C2. The van der Waals surface area contributed by atoms with Crippen LogP contribution in [0.5, 0.6) is 0 Å². The van der Waals surface area contributed by atoms with E-state index in [1.54, 1.807) is 0 Å². The molecule has 0 saturated carbocycles. The second-order valence-electron chi connectivity index (χ2n) is 5.86. The first kappa shape index (κ1) is 12.6. The van der Waals surface area contributed by atoms with Crippen LogP contribution in [-0.2, 0) is 24.3 Å². The van der Waals surface area contributed by atoms with E-state index in [0.29, 0.717) is 6.54 Å². The number of rotatable bonds is 1. The number of carbonyl (C=O) groups is 1. The number of hydrogen-bond donors (Lipinski definition) is 0. The summed E-state index contributed by atoms with van der Waals surface area (Å²) in [5.41, 5.74) is 2.54. The number of aromatic nitrogens is 3. The first-order chi connectivity index (χ1) is 10.2. The van der Waals surface area contributed by atoms with E-state index in [4.69, 9.17) is 0 Å². The fraction of sp³-hybridized carbons (Fsp3) is 0.438. The smallest absolute Gasteiger partial charge is 0.230 e. The summed E-state index contributed by atoms with van der Waals surface area (Å²) in [4.78, 5) is 14.8. The third-order valence-electron chi connectivity index (χ3n) is 4.68. The molecule has 0 unspecified atom stereocenters. The number of carbonyl (C=O) groups excluding carboxylic acids is 1. The molecule has 1 aromatic heterocycles. The Balaban J connectivity index is 1.57. The van der Waals surface area contributed by atoms with Gasteiger partial charge in [0.25, 0.3) is 0 Å². The van der Waals surface area contributed by atoms with Gasteiger partial charge in [0, 0.05) is 13.1 Å². The molecule has 108 valence electrons. The van der Waals surface area contributed by atoms with Gasteiger partial charge in [0.2, 0.25) is 5.91 Å². The Kier molecular flexibility index (Phi) is 2.80. The lowest BCUT2D eigenvalue weighted by Gasteiger charge is -2.30. The van der Waals surface area contributed by atoms with E-state index in [1.165, 1.54) is 11.1 Å². The molecule has 0 bridgehead atoms. The number of benzene rings is 1. The maximum Gasteiger partial charge on any atom is 0.230 e. The van der Waals surface area contributed by atoms with Gasteiger partial charge in [-0.3, -0.25) is 4.79 Å². The molecule has 1 atom stereocenters. The van der Waals surface area contributed by atoms with Crippen molar-refractivity contribution in [1.29, 1.82) is 0 Å². The Labute approximate surface area is 123 Å². The third-order valence-corrected chi connectivity index (χ3v) is 4.68. The molecule has 2 aliphatic rings. The van der Waals surface area contributed by atoms with Gasteiger partial charge in [-0.1, -0.05) is 24.3 Å². The van der Waals surface area contributed by atoms with Gasteiger partial charge in [0.1, 0.15) is 5.82 Å². The maximum absolute atomic E-state index is 12.8. The molecule has 2 heterocycles. The molecular formula is C16H18N4O. The Hall–Kier alpha value is -2.17. The van der Waals surface area contributed by atoms with Crippen LogP contribution >= 0.6 is 0 Å². The van der Waals surface area contributed by atoms with Crippen LogP contribution in [0.25, 0.3) is 0 Å². The molecule has 0 N–H and O–H groups in total. The predicted octanol–water partition coefficient (Wildman–Crippen LogP) is 1.66. The number of aryl methyl sites for hydroxylation is 2. The minimum Gasteiger partial charge on any atom is -0.333 e. The fourth-order valence-corrected chi connectivity index (χ4v) is 3.53. The molecule has 5 nitrogen and oxygen atoms in total. The summed E-state index contributed by atoms with van der Waals surface area (Å²) < 4.78 is 2.10. The van der Waals surface area contributed by atoms with Crippen molar-refractivity contribution in [2.24, 2.45) is 0 Å². The highest BCUT2D eigenvalue weighted by Crippen LogP contribution is 2.34. The first-order valence-electron chi connectivity index (χ1n) is 7.49. The normalized spacial score (nSPS) is 20.2. The van der Waals surface area contributed by atoms with Gasteiger partial charge in [-0.25, -0.2) is 0 Å². The van der Waals surface area contributed by atoms with Gasteiger partial charge < -0.3 is 9.47 Å². The second-order valence-corrected chi connectivity index (χ2v) is 5.86. The zero-order chi connectivity index (χ0) is 14.4. The van der Waals surface area contributed by atoms with Crippen molar-refractivity contribution in [3.8, 4) is 0 Å². The summed E-state index contributed by atoms with van der Waals surface area (Å²) in [7, 11) is 0. The van der Waals surface area contributed by atoms with E-state index in [9.17, 15) is 4.79 Å². The highest BCUT2D eigenvalue weighted by atomic mass is 16.2. The average Bonchev–Trinajstić information content (AvgIpc) is 3.10. The third kappa shape index (κ3) is 1.95. The Morgan fingerprint density at radius 1 is 1.24 bits per heavy atom. The number of nitrogens with zero attached hydrogens (tertiary/aromatic N) is 4. The molecule has 4 rings (SSSR count). The molecule has 0 radical (unpaired) electrons. The lowest BCUT2D eigenvalue weighted by Crippen LogP contribution is -2.40. The maximum atomic E-state index is 12.8. The van der Waals surface area contributed by atoms with Crippen molar-refractivity contribution >= 4 is 5.91 Å². The highest BCUT2D eigenvalue weighted by molar-refractivity contribution is 5.85. The number of fused-ring (bicyclic) bond motifs is 2. The van der Waals surface area contributed by atoms with Crippen LogP contribution in [0.4, 0.5) is 0 Å². The minimum absolute atomic E-state index is 0.0248. The van der Waals surface area contributed by atoms with Crippen LogP contribution in [0.3, 0.4) is 0 Å². The van der Waals surface area contributed by atoms with E-state index in [1.807, 2.05) is 17.9 Å². The second kappa shape index (κ2) is 4.69. The van der Waals surface area contributed by atoms with Crippen molar-refractivity contribution in [3.05, 3.63) is 47.0 Å². The summed E-state index contributed by atoms with van der Waals surface area (Å²) >= 11 is 0. The molecule has 1 amide bonds. The van der Waals surface area contributed by atoms with Gasteiger partial charge in [-0.2, -0.15) is 0 Å². The summed E-state index contributed by atoms with van der Waals surface area (Å²) in [6, 6.07) is 8.32. The lowest BCUT2D eigenvalue weighted by molar-refractivity contribution is -0.134. The van der Waals surface area contributed by atoms with Crippen molar-refractivity contribution in [2.45, 2.75) is 38.8 Å². The van der Waals surface area contributed by atoms with E-state index in [-0.39, 0.29) is 11.8 Å². The van der Waals surface area contributed by atoms with Gasteiger partial charge in [-0.15, -0.1) is 10.2 Å². The fourth-order valence-electron chi connectivity index (χ4n) is 3.53. The van der Waals surface area contributed by atoms with Crippen LogP contribution in [0.2, 0.25) is 0 Å². The van der Waals surface area contributed by atoms with E-state index < -0.39 is 0 Å². The summed E-state index contributed by atoms with van der Waals surface area (Å²) in [5.74, 6) is 2.10. The molecule has 1 aliphatic heterocycles. The van der Waals surface area contributed by atoms with Crippen molar-refractivity contribution in [2.75, 3.05) is 6.54 Å². The molecular weight excluding hydrogens is 264 g/mol. The van der Waals surface area contributed by atoms with Crippen molar-refractivity contribution in [1.82, 2.24) is 19.7 Å². The van der Waals surface area contributed by atoms with Crippen LogP contribution < -0.4 is 0 Å². The Bertz CT molecular complexity index is 706. The van der Waals surface area contributed by atoms with Gasteiger partial charge in [0.05, 0.1) is 12.5 Å². The molecule has 21 heavy (non-hydrogen) atoms.